The van der Waals surface area contributed by atoms with E-state index in [9.17, 15) is 4.79 Å². The van der Waals surface area contributed by atoms with Crippen molar-refractivity contribution >= 4 is 11.7 Å². The summed E-state index contributed by atoms with van der Waals surface area (Å²) < 4.78 is 5.30. The van der Waals surface area contributed by atoms with Crippen LogP contribution < -0.4 is 5.73 Å². The molecule has 0 aliphatic carbocycles. The first-order chi connectivity index (χ1) is 9.64. The second kappa shape index (κ2) is 6.41. The molecule has 7 nitrogen and oxygen atoms in total. The van der Waals surface area contributed by atoms with E-state index in [0.717, 1.165) is 6.42 Å². The lowest BCUT2D eigenvalue weighted by Gasteiger charge is -2.37. The molecule has 0 aromatic carbocycles. The highest BCUT2D eigenvalue weighted by atomic mass is 16.5. The number of amides is 1. The van der Waals surface area contributed by atoms with Crippen LogP contribution in [0.15, 0.2) is 5.16 Å². The van der Waals surface area contributed by atoms with Gasteiger partial charge in [0.15, 0.2) is 5.84 Å². The molecule has 1 unspecified atom stereocenters. The van der Waals surface area contributed by atoms with Gasteiger partial charge in [0.1, 0.15) is 5.41 Å². The van der Waals surface area contributed by atoms with Crippen LogP contribution in [0.2, 0.25) is 0 Å². The van der Waals surface area contributed by atoms with Crippen molar-refractivity contribution in [3.05, 3.63) is 0 Å². The summed E-state index contributed by atoms with van der Waals surface area (Å²) in [5.74, 6) is 0.251. The van der Waals surface area contributed by atoms with Gasteiger partial charge in [-0.05, 0) is 31.6 Å². The van der Waals surface area contributed by atoms with Crippen LogP contribution in [-0.2, 0) is 9.53 Å². The third kappa shape index (κ3) is 2.73. The van der Waals surface area contributed by atoms with Crippen LogP contribution in [0.25, 0.3) is 0 Å². The van der Waals surface area contributed by atoms with Gasteiger partial charge in [-0.1, -0.05) is 5.16 Å². The van der Waals surface area contributed by atoms with E-state index in [-0.39, 0.29) is 18.3 Å². The summed E-state index contributed by atoms with van der Waals surface area (Å²) in [6, 6.07) is 0. The minimum Gasteiger partial charge on any atom is -0.409 e. The van der Waals surface area contributed by atoms with E-state index in [2.05, 4.69) is 5.16 Å². The Hall–Kier alpha value is -1.34. The lowest BCUT2D eigenvalue weighted by atomic mass is 9.77. The number of hydrogen-bond acceptors (Lipinski definition) is 5. The highest BCUT2D eigenvalue weighted by Crippen LogP contribution is 2.35. The third-order valence-corrected chi connectivity index (χ3v) is 4.46. The van der Waals surface area contributed by atoms with Crippen molar-refractivity contribution in [2.45, 2.75) is 25.7 Å². The normalized spacial score (nSPS) is 26.8. The average molecular weight is 285 g/mol. The SMILES string of the molecule is NC(=NO)C1(C(=O)N2CCC(CCO)C2)CCOCC1. The monoisotopic (exact) mass is 285 g/mol. The third-order valence-electron chi connectivity index (χ3n) is 4.46. The first-order valence-electron chi connectivity index (χ1n) is 7.10. The van der Waals surface area contributed by atoms with Crippen LogP contribution in [0.3, 0.4) is 0 Å². The van der Waals surface area contributed by atoms with Gasteiger partial charge in [0.2, 0.25) is 5.91 Å². The highest BCUT2D eigenvalue weighted by molar-refractivity contribution is 6.06. The Morgan fingerprint density at radius 1 is 1.45 bits per heavy atom. The van der Waals surface area contributed by atoms with E-state index in [4.69, 9.17) is 20.8 Å². The summed E-state index contributed by atoms with van der Waals surface area (Å²) in [4.78, 5) is 14.6. The second-order valence-corrected chi connectivity index (χ2v) is 5.60. The number of aliphatic hydroxyl groups is 1. The number of rotatable bonds is 4. The minimum absolute atomic E-state index is 0.0172. The number of hydrogen-bond donors (Lipinski definition) is 3. The second-order valence-electron chi connectivity index (χ2n) is 5.60. The fourth-order valence-corrected chi connectivity index (χ4v) is 3.13. The van der Waals surface area contributed by atoms with Gasteiger partial charge in [-0.15, -0.1) is 0 Å². The first-order valence-corrected chi connectivity index (χ1v) is 7.10. The maximum atomic E-state index is 12.8. The molecular formula is C13H23N3O4. The number of oxime groups is 1. The summed E-state index contributed by atoms with van der Waals surface area (Å²) in [6.45, 7) is 2.34. The zero-order valence-corrected chi connectivity index (χ0v) is 11.6. The van der Waals surface area contributed by atoms with Crippen LogP contribution in [0.5, 0.6) is 0 Å². The molecule has 0 spiro atoms. The summed E-state index contributed by atoms with van der Waals surface area (Å²) >= 11 is 0. The predicted octanol–water partition coefficient (Wildman–Crippen LogP) is -0.240. The fourth-order valence-electron chi connectivity index (χ4n) is 3.13. The number of ether oxygens (including phenoxy) is 1. The van der Waals surface area contributed by atoms with Gasteiger partial charge in [0.25, 0.3) is 0 Å². The van der Waals surface area contributed by atoms with Gasteiger partial charge in [-0.2, -0.15) is 0 Å². The number of likely N-dealkylation sites (tertiary alicyclic amines) is 1. The Labute approximate surface area is 118 Å². The number of amidine groups is 1. The van der Waals surface area contributed by atoms with Crippen LogP contribution in [0, 0.1) is 11.3 Å². The molecule has 2 rings (SSSR count). The summed E-state index contributed by atoms with van der Waals surface area (Å²) in [6.07, 6.45) is 2.50. The molecule has 0 bridgehead atoms. The van der Waals surface area contributed by atoms with Crippen LogP contribution in [-0.4, -0.2) is 59.9 Å². The van der Waals surface area contributed by atoms with Crippen molar-refractivity contribution in [1.29, 1.82) is 0 Å². The minimum atomic E-state index is -0.929. The van der Waals surface area contributed by atoms with Gasteiger partial charge in [0, 0.05) is 32.9 Å². The smallest absolute Gasteiger partial charge is 0.236 e. The van der Waals surface area contributed by atoms with Gasteiger partial charge < -0.3 is 25.7 Å². The van der Waals surface area contributed by atoms with Crippen molar-refractivity contribution in [2.75, 3.05) is 32.9 Å². The van der Waals surface area contributed by atoms with Crippen molar-refractivity contribution in [1.82, 2.24) is 4.90 Å². The quantitative estimate of drug-likeness (QED) is 0.286. The van der Waals surface area contributed by atoms with Crippen molar-refractivity contribution in [3.63, 3.8) is 0 Å². The molecule has 4 N–H and O–H groups in total. The molecule has 1 amide bonds. The zero-order chi connectivity index (χ0) is 14.6. The standard InChI is InChI=1S/C13H23N3O4/c14-11(15-19)13(3-7-20-8-4-13)12(18)16-5-1-10(9-16)2-6-17/h10,17,19H,1-9H2,(H2,14,15). The van der Waals surface area contributed by atoms with Gasteiger partial charge in [0.05, 0.1) is 0 Å². The fraction of sp³-hybridized carbons (Fsp3) is 0.846. The van der Waals surface area contributed by atoms with E-state index in [1.165, 1.54) is 0 Å². The average Bonchev–Trinajstić information content (AvgIpc) is 2.95. The number of nitrogens with two attached hydrogens (primary N) is 1. The molecule has 2 fully saturated rings. The highest BCUT2D eigenvalue weighted by Gasteiger charge is 2.47. The van der Waals surface area contributed by atoms with E-state index < -0.39 is 5.41 Å². The number of nitrogens with zero attached hydrogens (tertiary/aromatic N) is 2. The Balaban J connectivity index is 2.12. The van der Waals surface area contributed by atoms with Crippen molar-refractivity contribution < 1.29 is 19.8 Å². The van der Waals surface area contributed by atoms with Crippen LogP contribution in [0.4, 0.5) is 0 Å². The largest absolute Gasteiger partial charge is 0.409 e. The van der Waals surface area contributed by atoms with Crippen molar-refractivity contribution in [3.8, 4) is 0 Å². The lowest BCUT2D eigenvalue weighted by molar-refractivity contribution is -0.141. The van der Waals surface area contributed by atoms with E-state index in [1.54, 1.807) is 4.90 Å². The Morgan fingerprint density at radius 2 is 2.15 bits per heavy atom. The molecule has 1 atom stereocenters. The van der Waals surface area contributed by atoms with Crippen LogP contribution >= 0.6 is 0 Å². The van der Waals surface area contributed by atoms with E-state index >= 15 is 0 Å². The van der Waals surface area contributed by atoms with Crippen LogP contribution in [0.1, 0.15) is 25.7 Å². The molecule has 20 heavy (non-hydrogen) atoms. The molecule has 2 aliphatic heterocycles. The number of aliphatic hydroxyl groups excluding tert-OH is 1. The molecule has 2 aliphatic rings. The zero-order valence-electron chi connectivity index (χ0n) is 11.6. The molecule has 2 saturated heterocycles. The molecule has 0 saturated carbocycles. The molecule has 7 heteroatoms. The Morgan fingerprint density at radius 3 is 2.75 bits per heavy atom. The topological polar surface area (TPSA) is 108 Å². The maximum absolute atomic E-state index is 12.8. The lowest BCUT2D eigenvalue weighted by Crippen LogP contribution is -2.53. The van der Waals surface area contributed by atoms with Gasteiger partial charge in [-0.25, -0.2) is 0 Å². The van der Waals surface area contributed by atoms with E-state index in [1.807, 2.05) is 0 Å². The predicted molar refractivity (Wildman–Crippen MR) is 72.3 cm³/mol. The van der Waals surface area contributed by atoms with E-state index in [0.29, 0.717) is 51.5 Å². The molecule has 0 aromatic heterocycles. The molecule has 2 heterocycles. The molecular weight excluding hydrogens is 262 g/mol. The van der Waals surface area contributed by atoms with Gasteiger partial charge >= 0.3 is 0 Å². The number of carbonyl (C=O) groups is 1. The van der Waals surface area contributed by atoms with Crippen molar-refractivity contribution in [2.24, 2.45) is 22.2 Å². The molecule has 0 aromatic rings. The molecule has 114 valence electrons. The maximum Gasteiger partial charge on any atom is 0.236 e. The summed E-state index contributed by atoms with van der Waals surface area (Å²) in [5.41, 5.74) is 4.87. The Kier molecular flexibility index (Phi) is 4.82. The molecule has 0 radical (unpaired) electrons. The van der Waals surface area contributed by atoms with Gasteiger partial charge in [-0.3, -0.25) is 4.79 Å². The number of carbonyl (C=O) groups excluding carboxylic acids is 1. The summed E-state index contributed by atoms with van der Waals surface area (Å²) in [5, 5.41) is 21.1. The summed E-state index contributed by atoms with van der Waals surface area (Å²) in [7, 11) is 0. The Bertz CT molecular complexity index is 380. The first kappa shape index (κ1) is 15.1.